The van der Waals surface area contributed by atoms with Crippen molar-refractivity contribution in [3.05, 3.63) is 134 Å². The van der Waals surface area contributed by atoms with Crippen LogP contribution in [-0.2, 0) is 65.4 Å². The molecule has 0 saturated heterocycles. The lowest BCUT2D eigenvalue weighted by Gasteiger charge is -2.21. The molecule has 0 fully saturated rings. The minimum absolute atomic E-state index is 0.0729. The lowest BCUT2D eigenvalue weighted by molar-refractivity contribution is -0.161. The highest BCUT2D eigenvalue weighted by Gasteiger charge is 2.30. The Bertz CT molecular complexity index is 2490. The minimum Gasteiger partial charge on any atom is -0.462 e. The van der Waals surface area contributed by atoms with Crippen molar-refractivity contribution in [2.45, 2.75) is 341 Å². The van der Waals surface area contributed by atoms with E-state index in [1.165, 1.54) is 32.1 Å². The first-order valence-electron chi connectivity index (χ1n) is 40.4. The molecule has 0 aliphatic heterocycles. The highest BCUT2D eigenvalue weighted by molar-refractivity contribution is 7.47. The van der Waals surface area contributed by atoms with Crippen LogP contribution in [0.4, 0.5) is 0 Å². The number of carbonyl (C=O) groups is 4. The summed E-state index contributed by atoms with van der Waals surface area (Å²) in [7, 11) is -9.97. The number of hydrogen-bond acceptors (Lipinski definition) is 15. The van der Waals surface area contributed by atoms with Gasteiger partial charge in [-0.05, 0) is 154 Å². The summed E-state index contributed by atoms with van der Waals surface area (Å²) in [6.07, 6.45) is 85.7. The van der Waals surface area contributed by atoms with Gasteiger partial charge in [0.25, 0.3) is 0 Å². The highest BCUT2D eigenvalue weighted by Crippen LogP contribution is 2.45. The van der Waals surface area contributed by atoms with Gasteiger partial charge < -0.3 is 33.8 Å². The van der Waals surface area contributed by atoms with Crippen LogP contribution in [0.5, 0.6) is 0 Å². The molecule has 104 heavy (non-hydrogen) atoms. The zero-order chi connectivity index (χ0) is 76.0. The number of aliphatic hydroxyl groups excluding tert-OH is 1. The summed E-state index contributed by atoms with van der Waals surface area (Å²) in [4.78, 5) is 73.0. The van der Waals surface area contributed by atoms with Crippen molar-refractivity contribution in [3.63, 3.8) is 0 Å². The van der Waals surface area contributed by atoms with Gasteiger partial charge in [0.2, 0.25) is 0 Å². The van der Waals surface area contributed by atoms with Gasteiger partial charge in [-0.3, -0.25) is 37.3 Å². The molecule has 0 aliphatic carbocycles. The van der Waals surface area contributed by atoms with Crippen molar-refractivity contribution in [1.82, 2.24) is 0 Å². The van der Waals surface area contributed by atoms with E-state index in [1.807, 2.05) is 0 Å². The van der Waals surface area contributed by atoms with Gasteiger partial charge in [-0.25, -0.2) is 9.13 Å². The van der Waals surface area contributed by atoms with Gasteiger partial charge >= 0.3 is 39.5 Å². The van der Waals surface area contributed by atoms with Crippen LogP contribution < -0.4 is 0 Å². The molecule has 3 N–H and O–H groups in total. The number of phosphoric ester groups is 2. The third-order valence-corrected chi connectivity index (χ3v) is 18.5. The van der Waals surface area contributed by atoms with Crippen LogP contribution in [0.1, 0.15) is 323 Å². The molecule has 5 unspecified atom stereocenters. The summed E-state index contributed by atoms with van der Waals surface area (Å²) < 4.78 is 68.6. The second-order valence-electron chi connectivity index (χ2n) is 26.6. The van der Waals surface area contributed by atoms with E-state index in [1.54, 1.807) is 0 Å². The number of aliphatic hydroxyl groups is 1. The molecule has 0 amide bonds. The standard InChI is InChI=1S/C85H144O17P2/c1-5-9-13-17-21-25-29-32-35-37-39-41-44-46-50-53-57-61-65-69-82(87)95-75-80(101-84(89)71-67-63-59-55-49-28-24-20-16-12-8-4)77-99-103(91,92)97-73-79(86)74-98-104(93,94)100-78-81(102-85(90)72-68-64-60-56-52-48-43-34-31-27-23-19-15-11-7-3)76-96-83(88)70-66-62-58-54-51-47-45-42-40-38-36-33-30-26-22-18-14-10-6-2/h9-10,13-14,20-27,32-36,39-43,79-81,86H,5-8,11-12,15-19,28-31,37-38,44-78H2,1-4H3,(H,91,92)(H,93,94)/b13-9-,14-10-,24-20-,25-21-,26-22-,27-23-,35-32-,36-33-,41-39-,42-40-,43-34-. The molecule has 5 atom stereocenters. The Morgan fingerprint density at radius 2 is 0.510 bits per heavy atom. The monoisotopic (exact) mass is 1500 g/mol. The van der Waals surface area contributed by atoms with Crippen LogP contribution in [0.25, 0.3) is 0 Å². The summed E-state index contributed by atoms with van der Waals surface area (Å²) in [5.41, 5.74) is 0. The number of allylic oxidation sites excluding steroid dienone is 22. The fourth-order valence-electron chi connectivity index (χ4n) is 10.4. The van der Waals surface area contributed by atoms with Gasteiger partial charge in [-0.1, -0.05) is 277 Å². The quantitative estimate of drug-likeness (QED) is 0.0169. The zero-order valence-electron chi connectivity index (χ0n) is 65.2. The number of unbranched alkanes of at least 4 members (excludes halogenated alkanes) is 27. The predicted octanol–water partition coefficient (Wildman–Crippen LogP) is 23.7. The molecule has 596 valence electrons. The molecule has 0 heterocycles. The molecule has 0 bridgehead atoms. The lowest BCUT2D eigenvalue weighted by Crippen LogP contribution is -2.30. The number of esters is 4. The van der Waals surface area contributed by atoms with Crippen LogP contribution in [0, 0.1) is 0 Å². The molecular weight excluding hydrogens is 1350 g/mol. The smallest absolute Gasteiger partial charge is 0.462 e. The first-order chi connectivity index (χ1) is 50.7. The molecule has 0 rings (SSSR count). The maximum atomic E-state index is 13.1. The van der Waals surface area contributed by atoms with Crippen molar-refractivity contribution >= 4 is 39.5 Å². The molecule has 0 saturated carbocycles. The van der Waals surface area contributed by atoms with E-state index in [0.717, 1.165) is 212 Å². The van der Waals surface area contributed by atoms with E-state index in [-0.39, 0.29) is 25.7 Å². The van der Waals surface area contributed by atoms with Crippen molar-refractivity contribution < 1.29 is 80.2 Å². The van der Waals surface area contributed by atoms with Crippen molar-refractivity contribution in [3.8, 4) is 0 Å². The molecule has 0 aromatic rings. The van der Waals surface area contributed by atoms with Crippen LogP contribution in [0.2, 0.25) is 0 Å². The zero-order valence-corrected chi connectivity index (χ0v) is 66.9. The van der Waals surface area contributed by atoms with Gasteiger partial charge in [0.1, 0.15) is 19.3 Å². The normalized spacial score (nSPS) is 14.6. The predicted molar refractivity (Wildman–Crippen MR) is 427 cm³/mol. The third-order valence-electron chi connectivity index (χ3n) is 16.6. The molecule has 0 aromatic heterocycles. The highest BCUT2D eigenvalue weighted by atomic mass is 31.2. The summed E-state index contributed by atoms with van der Waals surface area (Å²) in [5, 5.41) is 10.6. The van der Waals surface area contributed by atoms with Crippen molar-refractivity contribution in [1.29, 1.82) is 0 Å². The lowest BCUT2D eigenvalue weighted by atomic mass is 10.1. The van der Waals surface area contributed by atoms with Gasteiger partial charge in [-0.2, -0.15) is 0 Å². The van der Waals surface area contributed by atoms with Gasteiger partial charge in [0.05, 0.1) is 26.4 Å². The van der Waals surface area contributed by atoms with E-state index in [4.69, 9.17) is 37.0 Å². The average Bonchev–Trinajstić information content (AvgIpc) is 0.929. The number of hydrogen-bond donors (Lipinski definition) is 3. The molecule has 17 nitrogen and oxygen atoms in total. The maximum Gasteiger partial charge on any atom is 0.472 e. The fraction of sp³-hybridized carbons (Fsp3) is 0.694. The Labute approximate surface area is 631 Å². The molecule has 19 heteroatoms. The maximum absolute atomic E-state index is 13.1. The van der Waals surface area contributed by atoms with Gasteiger partial charge in [0.15, 0.2) is 12.2 Å². The Balaban J connectivity index is 5.35. The van der Waals surface area contributed by atoms with Gasteiger partial charge in [0, 0.05) is 25.7 Å². The Morgan fingerprint density at radius 3 is 0.808 bits per heavy atom. The van der Waals surface area contributed by atoms with E-state index < -0.39 is 97.5 Å². The Hall–Kier alpha value is -4.80. The number of rotatable bonds is 75. The molecule has 0 radical (unpaired) electrons. The summed E-state index contributed by atoms with van der Waals surface area (Å²) in [5.74, 6) is -2.23. The molecule has 0 spiro atoms. The Morgan fingerprint density at radius 1 is 0.279 bits per heavy atom. The average molecular weight is 1500 g/mol. The summed E-state index contributed by atoms with van der Waals surface area (Å²) >= 11 is 0. The summed E-state index contributed by atoms with van der Waals surface area (Å²) in [6.45, 7) is 4.54. The number of ether oxygens (including phenoxy) is 4. The van der Waals surface area contributed by atoms with Crippen LogP contribution in [-0.4, -0.2) is 96.7 Å². The molecule has 0 aromatic carbocycles. The second-order valence-corrected chi connectivity index (χ2v) is 29.5. The molecule has 0 aliphatic rings. The van der Waals surface area contributed by atoms with Crippen LogP contribution in [0.3, 0.4) is 0 Å². The topological polar surface area (TPSA) is 237 Å². The van der Waals surface area contributed by atoms with Crippen molar-refractivity contribution in [2.75, 3.05) is 39.6 Å². The first kappa shape index (κ1) is 99.2. The SMILES string of the molecule is CC/C=C\C/C=C\C/C=C\C/C=C\CCCCCCCCC(=O)OCC(COP(=O)(O)OCC(O)COP(=O)(O)OCC(COC(=O)CCCCCCCC/C=C\C/C=C\C/C=C\C/C=C\CC)OC(=O)CCCCCCC/C=C\CCCC)OC(=O)CCCCCCC/C=C\C/C=C\CCCCC. The van der Waals surface area contributed by atoms with E-state index in [2.05, 4.69) is 161 Å². The fourth-order valence-corrected chi connectivity index (χ4v) is 12.0. The minimum atomic E-state index is -4.99. The third kappa shape index (κ3) is 75.4. The largest absolute Gasteiger partial charge is 0.472 e. The van der Waals surface area contributed by atoms with E-state index in [0.29, 0.717) is 25.7 Å². The first-order valence-corrected chi connectivity index (χ1v) is 43.4. The summed E-state index contributed by atoms with van der Waals surface area (Å²) in [6, 6.07) is 0. The van der Waals surface area contributed by atoms with Crippen LogP contribution >= 0.6 is 15.6 Å². The number of carbonyl (C=O) groups excluding carboxylic acids is 4. The number of phosphoric acid groups is 2. The van der Waals surface area contributed by atoms with E-state index in [9.17, 15) is 43.2 Å². The van der Waals surface area contributed by atoms with Crippen molar-refractivity contribution in [2.24, 2.45) is 0 Å². The second kappa shape index (κ2) is 76.4. The van der Waals surface area contributed by atoms with E-state index >= 15 is 0 Å². The van der Waals surface area contributed by atoms with Crippen LogP contribution in [0.15, 0.2) is 134 Å². The Kier molecular flexibility index (Phi) is 72.9. The van der Waals surface area contributed by atoms with Gasteiger partial charge in [-0.15, -0.1) is 0 Å². The molecular formula is C85H144O17P2.